The first-order valence-corrected chi connectivity index (χ1v) is 11.0. The van der Waals surface area contributed by atoms with Crippen molar-refractivity contribution in [2.75, 3.05) is 31.5 Å². The molecule has 2 aromatic carbocycles. The number of phenolic OH excluding ortho intramolecular Hbond substituents is 1. The lowest BCUT2D eigenvalue weighted by Crippen LogP contribution is -2.30. The van der Waals surface area contributed by atoms with Gasteiger partial charge in [-0.3, -0.25) is 4.79 Å². The SMILES string of the molecule is COC(=O)c1ccc2[nH]c(C(=O)N3C[C@@H](CCl)c4c3cc(O)c3[nH]c(C(=O)OC)cc43)cc2c1. The standard InChI is InChI=1S/C24H20ClN3O6/c1-33-23(31)11-3-4-15-12(5-11)6-16(26-15)22(30)28-10-13(9-25)20-14-7-17(24(32)34-2)27-21(14)19(29)8-18(20)28/h3-8,13,26-27,29H,9-10H2,1-2H3/t13-/m1/s1. The van der Waals surface area contributed by atoms with Crippen molar-refractivity contribution in [3.05, 3.63) is 58.9 Å². The van der Waals surface area contributed by atoms with Crippen molar-refractivity contribution in [2.45, 2.75) is 5.92 Å². The molecular weight excluding hydrogens is 462 g/mol. The summed E-state index contributed by atoms with van der Waals surface area (Å²) >= 11 is 6.26. The molecule has 5 rings (SSSR count). The van der Waals surface area contributed by atoms with Gasteiger partial charge in [-0.05, 0) is 35.9 Å². The third-order valence-corrected chi connectivity index (χ3v) is 6.50. The van der Waals surface area contributed by atoms with Crippen LogP contribution in [0.15, 0.2) is 36.4 Å². The molecule has 3 N–H and O–H groups in total. The smallest absolute Gasteiger partial charge is 0.354 e. The summed E-state index contributed by atoms with van der Waals surface area (Å²) in [4.78, 5) is 44.9. The molecule has 3 heterocycles. The Balaban J connectivity index is 1.58. The van der Waals surface area contributed by atoms with Gasteiger partial charge in [-0.15, -0.1) is 11.6 Å². The van der Waals surface area contributed by atoms with E-state index in [0.29, 0.717) is 45.3 Å². The minimum absolute atomic E-state index is 0.101. The summed E-state index contributed by atoms with van der Waals surface area (Å²) in [5.74, 6) is -1.41. The lowest BCUT2D eigenvalue weighted by atomic mass is 9.98. The number of aromatic nitrogens is 2. The van der Waals surface area contributed by atoms with Gasteiger partial charge in [0.1, 0.15) is 17.1 Å². The number of aromatic amines is 2. The number of carbonyl (C=O) groups excluding carboxylic acids is 3. The number of carbonyl (C=O) groups is 3. The Kier molecular flexibility index (Phi) is 5.21. The fraction of sp³-hybridized carbons (Fsp3) is 0.208. The number of methoxy groups -OCH3 is 2. The van der Waals surface area contributed by atoms with Crippen LogP contribution in [-0.4, -0.2) is 59.6 Å². The highest BCUT2D eigenvalue weighted by Crippen LogP contribution is 2.46. The maximum Gasteiger partial charge on any atom is 0.354 e. The zero-order chi connectivity index (χ0) is 24.1. The number of halogens is 1. The molecule has 0 unspecified atom stereocenters. The van der Waals surface area contributed by atoms with Crippen molar-refractivity contribution in [3.63, 3.8) is 0 Å². The molecule has 0 bridgehead atoms. The summed E-state index contributed by atoms with van der Waals surface area (Å²) in [6.45, 7) is 0.303. The number of phenols is 1. The summed E-state index contributed by atoms with van der Waals surface area (Å²) in [6.07, 6.45) is 0. The van der Waals surface area contributed by atoms with Crippen LogP contribution < -0.4 is 4.90 Å². The fourth-order valence-corrected chi connectivity index (χ4v) is 4.78. The molecule has 0 radical (unpaired) electrons. The number of anilines is 1. The number of rotatable bonds is 4. The quantitative estimate of drug-likeness (QED) is 0.300. The molecule has 0 saturated heterocycles. The molecule has 2 aromatic heterocycles. The van der Waals surface area contributed by atoms with Crippen LogP contribution >= 0.6 is 11.6 Å². The van der Waals surface area contributed by atoms with E-state index in [9.17, 15) is 19.5 Å². The molecule has 174 valence electrons. The number of alkyl halides is 1. The normalized spacial score (nSPS) is 15.0. The number of hydrogen-bond donors (Lipinski definition) is 3. The summed E-state index contributed by atoms with van der Waals surface area (Å²) in [5.41, 5.74) is 3.25. The Hall–Kier alpha value is -3.98. The number of amides is 1. The third-order valence-electron chi connectivity index (χ3n) is 6.12. The fourth-order valence-electron chi connectivity index (χ4n) is 4.53. The van der Waals surface area contributed by atoms with E-state index in [0.717, 1.165) is 5.56 Å². The Morgan fingerprint density at radius 3 is 2.53 bits per heavy atom. The second-order valence-corrected chi connectivity index (χ2v) is 8.34. The first-order valence-electron chi connectivity index (χ1n) is 10.4. The van der Waals surface area contributed by atoms with Crippen molar-refractivity contribution >= 4 is 56.9 Å². The molecule has 0 aliphatic carbocycles. The van der Waals surface area contributed by atoms with Gasteiger partial charge in [0.25, 0.3) is 5.91 Å². The first kappa shape index (κ1) is 21.8. The number of nitrogens with one attached hydrogen (secondary N) is 2. The third kappa shape index (κ3) is 3.28. The van der Waals surface area contributed by atoms with Gasteiger partial charge in [0.2, 0.25) is 0 Å². The molecule has 10 heteroatoms. The van der Waals surface area contributed by atoms with Crippen LogP contribution in [0.1, 0.15) is 42.8 Å². The minimum Gasteiger partial charge on any atom is -0.506 e. The Morgan fingerprint density at radius 2 is 1.82 bits per heavy atom. The number of nitrogens with zero attached hydrogens (tertiary/aromatic N) is 1. The average molecular weight is 482 g/mol. The van der Waals surface area contributed by atoms with Gasteiger partial charge >= 0.3 is 11.9 Å². The predicted octanol–water partition coefficient (Wildman–Crippen LogP) is 3.91. The molecule has 1 aliphatic rings. The number of fused-ring (bicyclic) bond motifs is 4. The number of esters is 2. The molecule has 0 spiro atoms. The Morgan fingerprint density at radius 1 is 1.06 bits per heavy atom. The molecule has 1 atom stereocenters. The number of ether oxygens (including phenoxy) is 2. The van der Waals surface area contributed by atoms with Crippen LogP contribution in [0.5, 0.6) is 5.75 Å². The molecule has 4 aromatic rings. The van der Waals surface area contributed by atoms with Crippen molar-refractivity contribution in [1.29, 1.82) is 0 Å². The highest BCUT2D eigenvalue weighted by Gasteiger charge is 2.36. The summed E-state index contributed by atoms with van der Waals surface area (Å²) in [6, 6.07) is 9.75. The van der Waals surface area contributed by atoms with E-state index >= 15 is 0 Å². The predicted molar refractivity (Wildman–Crippen MR) is 126 cm³/mol. The molecule has 0 fully saturated rings. The Bertz CT molecular complexity index is 1490. The van der Waals surface area contributed by atoms with Gasteiger partial charge in [0.15, 0.2) is 0 Å². The highest BCUT2D eigenvalue weighted by molar-refractivity contribution is 6.19. The van der Waals surface area contributed by atoms with E-state index in [-0.39, 0.29) is 29.1 Å². The molecule has 0 saturated carbocycles. The second-order valence-electron chi connectivity index (χ2n) is 8.04. The number of aromatic hydroxyl groups is 1. The van der Waals surface area contributed by atoms with Crippen LogP contribution in [0.25, 0.3) is 21.8 Å². The van der Waals surface area contributed by atoms with Crippen LogP contribution in [0.2, 0.25) is 0 Å². The van der Waals surface area contributed by atoms with E-state index < -0.39 is 11.9 Å². The minimum atomic E-state index is -0.567. The van der Waals surface area contributed by atoms with Gasteiger partial charge in [0, 0.05) is 40.7 Å². The van der Waals surface area contributed by atoms with Crippen molar-refractivity contribution < 1.29 is 29.0 Å². The van der Waals surface area contributed by atoms with Crippen LogP contribution in [0.3, 0.4) is 0 Å². The van der Waals surface area contributed by atoms with Crippen molar-refractivity contribution in [2.24, 2.45) is 0 Å². The van der Waals surface area contributed by atoms with Gasteiger partial charge in [0.05, 0.1) is 31.0 Å². The highest BCUT2D eigenvalue weighted by atomic mass is 35.5. The van der Waals surface area contributed by atoms with Gasteiger partial charge in [-0.25, -0.2) is 9.59 Å². The zero-order valence-electron chi connectivity index (χ0n) is 18.3. The lowest BCUT2D eigenvalue weighted by molar-refractivity contribution is 0.0589. The Labute approximate surface area is 198 Å². The van der Waals surface area contributed by atoms with Crippen LogP contribution in [0.4, 0.5) is 5.69 Å². The average Bonchev–Trinajstić information content (AvgIpc) is 3.56. The second kappa shape index (κ2) is 8.11. The first-order chi connectivity index (χ1) is 16.4. The maximum absolute atomic E-state index is 13.5. The number of benzene rings is 2. The number of hydrogen-bond acceptors (Lipinski definition) is 6. The topological polar surface area (TPSA) is 125 Å². The van der Waals surface area contributed by atoms with E-state index in [1.54, 1.807) is 35.2 Å². The van der Waals surface area contributed by atoms with E-state index in [2.05, 4.69) is 9.97 Å². The van der Waals surface area contributed by atoms with Gasteiger partial charge in [-0.2, -0.15) is 0 Å². The van der Waals surface area contributed by atoms with E-state index in [1.165, 1.54) is 20.3 Å². The molecular formula is C24H20ClN3O6. The molecule has 9 nitrogen and oxygen atoms in total. The van der Waals surface area contributed by atoms with Crippen molar-refractivity contribution in [1.82, 2.24) is 9.97 Å². The molecule has 34 heavy (non-hydrogen) atoms. The van der Waals surface area contributed by atoms with Gasteiger partial charge < -0.3 is 29.4 Å². The van der Waals surface area contributed by atoms with Crippen LogP contribution in [0, 0.1) is 0 Å². The molecule has 1 aliphatic heterocycles. The van der Waals surface area contributed by atoms with E-state index in [4.69, 9.17) is 21.1 Å². The van der Waals surface area contributed by atoms with Crippen LogP contribution in [-0.2, 0) is 9.47 Å². The monoisotopic (exact) mass is 481 g/mol. The number of H-pyrrole nitrogens is 2. The maximum atomic E-state index is 13.5. The lowest BCUT2D eigenvalue weighted by Gasteiger charge is -2.17. The summed E-state index contributed by atoms with van der Waals surface area (Å²) in [7, 11) is 2.58. The summed E-state index contributed by atoms with van der Waals surface area (Å²) in [5, 5.41) is 11.9. The van der Waals surface area contributed by atoms with Crippen molar-refractivity contribution in [3.8, 4) is 5.75 Å². The summed E-state index contributed by atoms with van der Waals surface area (Å²) < 4.78 is 9.54. The molecule has 1 amide bonds. The van der Waals surface area contributed by atoms with Gasteiger partial charge in [-0.1, -0.05) is 0 Å². The zero-order valence-corrected chi connectivity index (χ0v) is 19.0. The largest absolute Gasteiger partial charge is 0.506 e. The van der Waals surface area contributed by atoms with E-state index in [1.807, 2.05) is 0 Å².